The summed E-state index contributed by atoms with van der Waals surface area (Å²) in [6.07, 6.45) is 0. The average Bonchev–Trinajstić information content (AvgIpc) is 3.33. The van der Waals surface area contributed by atoms with Crippen molar-refractivity contribution in [2.75, 3.05) is 10.6 Å². The molecule has 0 saturated carbocycles. The van der Waals surface area contributed by atoms with Crippen molar-refractivity contribution < 1.29 is 19.4 Å². The van der Waals surface area contributed by atoms with E-state index in [4.69, 9.17) is 0 Å². The Labute approximate surface area is 201 Å². The van der Waals surface area contributed by atoms with Crippen LogP contribution in [0.15, 0.2) is 78.2 Å². The van der Waals surface area contributed by atoms with Gasteiger partial charge in [0.25, 0.3) is 23.2 Å². The average molecular weight is 489 g/mol. The Balaban J connectivity index is 1.47. The van der Waals surface area contributed by atoms with Crippen molar-refractivity contribution in [1.82, 2.24) is 4.98 Å². The molecule has 0 aliphatic rings. The van der Waals surface area contributed by atoms with E-state index in [0.29, 0.717) is 22.1 Å². The summed E-state index contributed by atoms with van der Waals surface area (Å²) in [7, 11) is 0. The second-order valence-electron chi connectivity index (χ2n) is 7.14. The van der Waals surface area contributed by atoms with Crippen molar-refractivity contribution in [3.63, 3.8) is 0 Å². The number of non-ortho nitro benzene ring substituents is 2. The highest BCUT2D eigenvalue weighted by Crippen LogP contribution is 2.27. The second kappa shape index (κ2) is 9.89. The summed E-state index contributed by atoms with van der Waals surface area (Å²) >= 11 is 1.17. The molecule has 0 unspecified atom stereocenters. The van der Waals surface area contributed by atoms with Crippen LogP contribution < -0.4 is 10.6 Å². The molecular weight excluding hydrogens is 474 g/mol. The van der Waals surface area contributed by atoms with Crippen LogP contribution in [0.5, 0.6) is 0 Å². The Kier molecular flexibility index (Phi) is 6.55. The highest BCUT2D eigenvalue weighted by Gasteiger charge is 2.15. The molecule has 0 aliphatic heterocycles. The third-order valence-electron chi connectivity index (χ3n) is 4.78. The molecule has 11 nitrogen and oxygen atoms in total. The Morgan fingerprint density at radius 3 is 1.94 bits per heavy atom. The van der Waals surface area contributed by atoms with E-state index in [9.17, 15) is 29.8 Å². The summed E-state index contributed by atoms with van der Waals surface area (Å²) in [6.45, 7) is 0. The molecular formula is C23H15N5O6S. The van der Waals surface area contributed by atoms with Gasteiger partial charge in [-0.3, -0.25) is 35.1 Å². The molecule has 0 radical (unpaired) electrons. The number of carbonyl (C=O) groups excluding carboxylic acids is 2. The van der Waals surface area contributed by atoms with Crippen molar-refractivity contribution >= 4 is 45.3 Å². The Morgan fingerprint density at radius 2 is 1.34 bits per heavy atom. The van der Waals surface area contributed by atoms with Crippen molar-refractivity contribution in [2.24, 2.45) is 0 Å². The van der Waals surface area contributed by atoms with Crippen LogP contribution in [0.4, 0.5) is 22.2 Å². The standard InChI is InChI=1S/C23H15N5O6S/c29-21(15-5-2-8-18(11-15)27(31)32)24-17-7-1-4-14(10-17)20-13-35-23(25-20)26-22(30)16-6-3-9-19(12-16)28(33)34/h1-13H,(H,24,29)(H,25,26,30). The first-order valence-corrected chi connectivity index (χ1v) is 10.9. The first-order valence-electron chi connectivity index (χ1n) is 9.98. The Bertz CT molecular complexity index is 1470. The van der Waals surface area contributed by atoms with Crippen molar-refractivity contribution in [3.05, 3.63) is 110 Å². The zero-order valence-electron chi connectivity index (χ0n) is 17.7. The fraction of sp³-hybridized carbons (Fsp3) is 0. The van der Waals surface area contributed by atoms with Gasteiger partial charge in [-0.15, -0.1) is 11.3 Å². The highest BCUT2D eigenvalue weighted by molar-refractivity contribution is 7.14. The minimum atomic E-state index is -0.580. The number of nitrogens with zero attached hydrogens (tertiary/aromatic N) is 3. The third kappa shape index (κ3) is 5.51. The predicted octanol–water partition coefficient (Wildman–Crippen LogP) is 5.13. The molecule has 35 heavy (non-hydrogen) atoms. The van der Waals surface area contributed by atoms with Crippen LogP contribution in [0.2, 0.25) is 0 Å². The molecule has 0 fully saturated rings. The van der Waals surface area contributed by atoms with Crippen molar-refractivity contribution in [3.8, 4) is 11.3 Å². The molecule has 0 atom stereocenters. The van der Waals surface area contributed by atoms with Gasteiger partial charge in [0.15, 0.2) is 5.13 Å². The van der Waals surface area contributed by atoms with E-state index in [1.54, 1.807) is 29.6 Å². The topological polar surface area (TPSA) is 157 Å². The summed E-state index contributed by atoms with van der Waals surface area (Å²) in [6, 6.07) is 17.6. The Hall–Kier alpha value is -4.97. The molecule has 0 aliphatic carbocycles. The molecule has 4 aromatic rings. The van der Waals surface area contributed by atoms with Crippen LogP contribution >= 0.6 is 11.3 Å². The lowest BCUT2D eigenvalue weighted by molar-refractivity contribution is -0.385. The number of amides is 2. The van der Waals surface area contributed by atoms with Gasteiger partial charge in [0.05, 0.1) is 15.5 Å². The quantitative estimate of drug-likeness (QED) is 0.269. The van der Waals surface area contributed by atoms with Crippen LogP contribution in [-0.4, -0.2) is 26.6 Å². The molecule has 4 rings (SSSR count). The molecule has 3 aromatic carbocycles. The number of benzene rings is 3. The number of nitro benzene ring substituents is 2. The molecule has 2 N–H and O–H groups in total. The lowest BCUT2D eigenvalue weighted by Crippen LogP contribution is -2.12. The lowest BCUT2D eigenvalue weighted by Gasteiger charge is -2.07. The normalized spacial score (nSPS) is 10.4. The summed E-state index contributed by atoms with van der Waals surface area (Å²) in [5.41, 5.74) is 1.54. The number of nitrogens with one attached hydrogen (secondary N) is 2. The van der Waals surface area contributed by atoms with Gasteiger partial charge in [0.2, 0.25) is 0 Å². The fourth-order valence-corrected chi connectivity index (χ4v) is 3.83. The van der Waals surface area contributed by atoms with E-state index in [0.717, 1.165) is 0 Å². The maximum atomic E-state index is 12.5. The van der Waals surface area contributed by atoms with E-state index < -0.39 is 21.7 Å². The first-order chi connectivity index (χ1) is 16.8. The lowest BCUT2D eigenvalue weighted by atomic mass is 10.1. The van der Waals surface area contributed by atoms with E-state index >= 15 is 0 Å². The van der Waals surface area contributed by atoms with Gasteiger partial charge in [-0.1, -0.05) is 24.3 Å². The van der Waals surface area contributed by atoms with Gasteiger partial charge < -0.3 is 5.32 Å². The fourth-order valence-electron chi connectivity index (χ4n) is 3.11. The van der Waals surface area contributed by atoms with Gasteiger partial charge in [-0.2, -0.15) is 0 Å². The van der Waals surface area contributed by atoms with Gasteiger partial charge in [0.1, 0.15) is 0 Å². The van der Waals surface area contributed by atoms with Gasteiger partial charge in [-0.25, -0.2) is 4.98 Å². The molecule has 1 aromatic heterocycles. The number of anilines is 2. The third-order valence-corrected chi connectivity index (χ3v) is 5.54. The Morgan fingerprint density at radius 1 is 0.771 bits per heavy atom. The number of thiazole rings is 1. The molecule has 1 heterocycles. The molecule has 0 spiro atoms. The van der Waals surface area contributed by atoms with Gasteiger partial charge >= 0.3 is 0 Å². The van der Waals surface area contributed by atoms with Crippen molar-refractivity contribution in [2.45, 2.75) is 0 Å². The number of carbonyl (C=O) groups is 2. The number of hydrogen-bond donors (Lipinski definition) is 2. The first kappa shape index (κ1) is 23.2. The molecule has 174 valence electrons. The smallest absolute Gasteiger partial charge is 0.270 e. The molecule has 0 saturated heterocycles. The predicted molar refractivity (Wildman–Crippen MR) is 130 cm³/mol. The van der Waals surface area contributed by atoms with Crippen LogP contribution in [0.1, 0.15) is 20.7 Å². The van der Waals surface area contributed by atoms with E-state index in [1.165, 1.54) is 59.9 Å². The van der Waals surface area contributed by atoms with E-state index in [1.807, 2.05) is 0 Å². The number of aromatic nitrogens is 1. The zero-order chi connectivity index (χ0) is 24.9. The van der Waals surface area contributed by atoms with Crippen LogP contribution in [0.3, 0.4) is 0 Å². The molecule has 12 heteroatoms. The summed E-state index contributed by atoms with van der Waals surface area (Å²) < 4.78 is 0. The summed E-state index contributed by atoms with van der Waals surface area (Å²) in [5, 5.41) is 29.2. The maximum Gasteiger partial charge on any atom is 0.270 e. The summed E-state index contributed by atoms with van der Waals surface area (Å²) in [4.78, 5) is 50.1. The second-order valence-corrected chi connectivity index (χ2v) is 8.00. The number of nitro groups is 2. The van der Waals surface area contributed by atoms with E-state index in [2.05, 4.69) is 15.6 Å². The minimum absolute atomic E-state index is 0.127. The monoisotopic (exact) mass is 489 g/mol. The van der Waals surface area contributed by atoms with E-state index in [-0.39, 0.29) is 22.5 Å². The summed E-state index contributed by atoms with van der Waals surface area (Å²) in [5.74, 6) is -1.04. The zero-order valence-corrected chi connectivity index (χ0v) is 18.5. The minimum Gasteiger partial charge on any atom is -0.322 e. The molecule has 0 bridgehead atoms. The van der Waals surface area contributed by atoms with Gasteiger partial charge in [0, 0.05) is 52.0 Å². The van der Waals surface area contributed by atoms with Crippen LogP contribution in [0, 0.1) is 20.2 Å². The molecule has 2 amide bonds. The van der Waals surface area contributed by atoms with Crippen LogP contribution in [0.25, 0.3) is 11.3 Å². The SMILES string of the molecule is O=C(Nc1cccc(-c2csc(NC(=O)c3cccc([N+](=O)[O-])c3)n2)c1)c1cccc([N+](=O)[O-])c1. The van der Waals surface area contributed by atoms with Crippen LogP contribution in [-0.2, 0) is 0 Å². The van der Waals surface area contributed by atoms with Crippen molar-refractivity contribution in [1.29, 1.82) is 0 Å². The number of hydrogen-bond acceptors (Lipinski definition) is 8. The number of rotatable bonds is 7. The van der Waals surface area contributed by atoms with Gasteiger partial charge in [-0.05, 0) is 24.3 Å². The maximum absolute atomic E-state index is 12.5. The highest BCUT2D eigenvalue weighted by atomic mass is 32.1. The largest absolute Gasteiger partial charge is 0.322 e.